The molecule has 0 aromatic rings. The van der Waals surface area contributed by atoms with Crippen molar-refractivity contribution in [1.82, 2.24) is 0 Å². The molecule has 7 atom stereocenters. The van der Waals surface area contributed by atoms with Gasteiger partial charge in [-0.15, -0.1) is 0 Å². The Morgan fingerprint density at radius 1 is 1.00 bits per heavy atom. The lowest BCUT2D eigenvalue weighted by Gasteiger charge is -2.60. The molecule has 1 nitrogen and oxygen atoms in total. The molecule has 22 heavy (non-hydrogen) atoms. The van der Waals surface area contributed by atoms with Gasteiger partial charge in [0.1, 0.15) is 0 Å². The van der Waals surface area contributed by atoms with Crippen LogP contribution in [0.4, 0.5) is 0 Å². The normalized spacial score (nSPS) is 57.1. The highest BCUT2D eigenvalue weighted by Crippen LogP contribution is 2.68. The molecule has 0 saturated heterocycles. The molecule has 0 radical (unpaired) electrons. The minimum Gasteiger partial charge on any atom is -0.389 e. The molecule has 1 heteroatoms. The van der Waals surface area contributed by atoms with Gasteiger partial charge >= 0.3 is 0 Å². The highest BCUT2D eigenvalue weighted by molar-refractivity contribution is 5.15. The maximum absolute atomic E-state index is 11.2. The first kappa shape index (κ1) is 15.2. The van der Waals surface area contributed by atoms with Crippen LogP contribution in [-0.4, -0.2) is 10.7 Å². The molecule has 3 fully saturated rings. The van der Waals surface area contributed by atoms with E-state index in [0.29, 0.717) is 5.41 Å². The Morgan fingerprint density at radius 2 is 1.77 bits per heavy atom. The zero-order valence-electron chi connectivity index (χ0n) is 14.8. The number of allylic oxidation sites excluding steroid dienone is 2. The van der Waals surface area contributed by atoms with Crippen molar-refractivity contribution in [3.63, 3.8) is 0 Å². The maximum atomic E-state index is 11.2. The van der Waals surface area contributed by atoms with E-state index in [0.717, 1.165) is 36.5 Å². The smallest absolute Gasteiger partial charge is 0.0701 e. The van der Waals surface area contributed by atoms with E-state index in [9.17, 15) is 5.11 Å². The molecule has 1 unspecified atom stereocenters. The second-order valence-electron chi connectivity index (χ2n) is 9.45. The lowest BCUT2D eigenvalue weighted by atomic mass is 9.45. The molecule has 0 aromatic heterocycles. The predicted octanol–water partition coefficient (Wildman–Crippen LogP) is 5.34. The lowest BCUT2D eigenvalue weighted by Crippen LogP contribution is -2.55. The molecular weight excluding hydrogens is 268 g/mol. The van der Waals surface area contributed by atoms with Gasteiger partial charge in [-0.2, -0.15) is 0 Å². The van der Waals surface area contributed by atoms with Crippen molar-refractivity contribution in [2.75, 3.05) is 0 Å². The number of hydrogen-bond donors (Lipinski definition) is 1. The van der Waals surface area contributed by atoms with Gasteiger partial charge in [-0.3, -0.25) is 0 Å². The molecule has 3 saturated carbocycles. The van der Waals surface area contributed by atoms with Gasteiger partial charge in [0, 0.05) is 0 Å². The van der Waals surface area contributed by atoms with Crippen LogP contribution in [0.2, 0.25) is 0 Å². The molecule has 1 N–H and O–H groups in total. The van der Waals surface area contributed by atoms with Crippen molar-refractivity contribution >= 4 is 0 Å². The zero-order chi connectivity index (χ0) is 15.6. The van der Waals surface area contributed by atoms with Gasteiger partial charge in [-0.25, -0.2) is 0 Å². The van der Waals surface area contributed by atoms with Crippen molar-refractivity contribution in [2.45, 2.75) is 84.2 Å². The topological polar surface area (TPSA) is 20.2 Å². The average Bonchev–Trinajstić information content (AvgIpc) is 2.79. The quantitative estimate of drug-likeness (QED) is 0.648. The molecule has 4 rings (SSSR count). The van der Waals surface area contributed by atoms with E-state index in [1.165, 1.54) is 44.9 Å². The molecule has 0 bridgehead atoms. The van der Waals surface area contributed by atoms with Gasteiger partial charge in [0.15, 0.2) is 0 Å². The first-order chi connectivity index (χ1) is 10.4. The maximum Gasteiger partial charge on any atom is 0.0701 e. The molecule has 124 valence electrons. The Labute approximate surface area is 136 Å². The fourth-order valence-corrected chi connectivity index (χ4v) is 7.53. The summed E-state index contributed by atoms with van der Waals surface area (Å²) in [4.78, 5) is 0. The predicted molar refractivity (Wildman–Crippen MR) is 91.5 cm³/mol. The van der Waals surface area contributed by atoms with E-state index >= 15 is 0 Å². The van der Waals surface area contributed by atoms with Crippen molar-refractivity contribution in [3.05, 3.63) is 12.2 Å². The van der Waals surface area contributed by atoms with Crippen molar-refractivity contribution in [2.24, 2.45) is 34.5 Å². The van der Waals surface area contributed by atoms with E-state index in [-0.39, 0.29) is 11.0 Å². The molecule has 0 heterocycles. The molecule has 4 aliphatic rings. The third-order valence-corrected chi connectivity index (χ3v) is 9.12. The summed E-state index contributed by atoms with van der Waals surface area (Å²) in [6.45, 7) is 7.23. The Morgan fingerprint density at radius 3 is 2.55 bits per heavy atom. The Hall–Kier alpha value is -0.300. The van der Waals surface area contributed by atoms with Crippen LogP contribution in [0.25, 0.3) is 0 Å². The van der Waals surface area contributed by atoms with Gasteiger partial charge in [0.2, 0.25) is 0 Å². The summed E-state index contributed by atoms with van der Waals surface area (Å²) >= 11 is 0. The highest BCUT2D eigenvalue weighted by Gasteiger charge is 2.63. The SMILES string of the molecule is CC[C@@]1(O)CC[C@H]2[C@@H]3CCC4CC=CC[C@]4(C)[C@H]3CC[C@@]21C. The van der Waals surface area contributed by atoms with Crippen LogP contribution in [-0.2, 0) is 0 Å². The third-order valence-electron chi connectivity index (χ3n) is 9.12. The van der Waals surface area contributed by atoms with Crippen LogP contribution < -0.4 is 0 Å². The number of hydrogen-bond acceptors (Lipinski definition) is 1. The van der Waals surface area contributed by atoms with E-state index in [4.69, 9.17) is 0 Å². The van der Waals surface area contributed by atoms with Gasteiger partial charge < -0.3 is 5.11 Å². The van der Waals surface area contributed by atoms with Crippen LogP contribution in [0, 0.1) is 34.5 Å². The molecule has 0 aromatic carbocycles. The Bertz CT molecular complexity index is 482. The standard InChI is InChI=1S/C21H34O/c1-4-21(22)14-11-18-16-9-8-15-7-5-6-12-19(15,2)17(16)10-13-20(18,21)3/h5-6,15-18,22H,4,7-14H2,1-3H3/t15?,16-,17+,18+,19+,20+,21-/m1/s1. The van der Waals surface area contributed by atoms with Crippen LogP contribution >= 0.6 is 0 Å². The summed E-state index contributed by atoms with van der Waals surface area (Å²) in [5.74, 6) is 3.50. The first-order valence-corrected chi connectivity index (χ1v) is 9.82. The van der Waals surface area contributed by atoms with E-state index < -0.39 is 0 Å². The largest absolute Gasteiger partial charge is 0.389 e. The molecule has 0 aliphatic heterocycles. The summed E-state index contributed by atoms with van der Waals surface area (Å²) in [5.41, 5.74) is 0.357. The summed E-state index contributed by atoms with van der Waals surface area (Å²) in [5, 5.41) is 11.2. The van der Waals surface area contributed by atoms with Crippen LogP contribution in [0.5, 0.6) is 0 Å². The monoisotopic (exact) mass is 302 g/mol. The van der Waals surface area contributed by atoms with E-state index in [1.54, 1.807) is 0 Å². The Kier molecular flexibility index (Phi) is 3.36. The van der Waals surface area contributed by atoms with Gasteiger partial charge in [0.05, 0.1) is 5.60 Å². The fraction of sp³-hybridized carbons (Fsp3) is 0.905. The van der Waals surface area contributed by atoms with Crippen LogP contribution in [0.15, 0.2) is 12.2 Å². The van der Waals surface area contributed by atoms with Crippen molar-refractivity contribution < 1.29 is 5.11 Å². The number of fused-ring (bicyclic) bond motifs is 5. The van der Waals surface area contributed by atoms with Crippen LogP contribution in [0.1, 0.15) is 78.6 Å². The molecular formula is C21H34O. The van der Waals surface area contributed by atoms with Gasteiger partial charge in [0.25, 0.3) is 0 Å². The van der Waals surface area contributed by atoms with Crippen LogP contribution in [0.3, 0.4) is 0 Å². The van der Waals surface area contributed by atoms with Gasteiger partial charge in [-0.1, -0.05) is 32.9 Å². The summed E-state index contributed by atoms with van der Waals surface area (Å²) in [6, 6.07) is 0. The summed E-state index contributed by atoms with van der Waals surface area (Å²) < 4.78 is 0. The lowest BCUT2D eigenvalue weighted by molar-refractivity contribution is -0.145. The van der Waals surface area contributed by atoms with E-state index in [2.05, 4.69) is 32.9 Å². The Balaban J connectivity index is 1.67. The third kappa shape index (κ3) is 1.75. The van der Waals surface area contributed by atoms with Gasteiger partial charge in [-0.05, 0) is 92.3 Å². The second-order valence-corrected chi connectivity index (χ2v) is 9.45. The van der Waals surface area contributed by atoms with E-state index in [1.807, 2.05) is 0 Å². The summed E-state index contributed by atoms with van der Waals surface area (Å²) in [7, 11) is 0. The highest BCUT2D eigenvalue weighted by atomic mass is 16.3. The number of rotatable bonds is 1. The first-order valence-electron chi connectivity index (χ1n) is 9.82. The number of aliphatic hydroxyl groups is 1. The minimum atomic E-state index is -0.382. The average molecular weight is 303 g/mol. The molecule has 4 aliphatic carbocycles. The van der Waals surface area contributed by atoms with Crippen molar-refractivity contribution in [1.29, 1.82) is 0 Å². The zero-order valence-corrected chi connectivity index (χ0v) is 14.8. The fourth-order valence-electron chi connectivity index (χ4n) is 7.53. The molecule has 0 amide bonds. The minimum absolute atomic E-state index is 0.191. The summed E-state index contributed by atoms with van der Waals surface area (Å²) in [6.07, 6.45) is 16.3. The van der Waals surface area contributed by atoms with Crippen molar-refractivity contribution in [3.8, 4) is 0 Å². The second kappa shape index (κ2) is 4.85. The molecule has 0 spiro atoms.